The lowest BCUT2D eigenvalue weighted by molar-refractivity contribution is -0.255. The van der Waals surface area contributed by atoms with E-state index in [0.29, 0.717) is 35.5 Å². The second-order valence-corrected chi connectivity index (χ2v) is 9.26. The molecule has 10 heteroatoms. The Morgan fingerprint density at radius 3 is 2.45 bits per heavy atom. The highest BCUT2D eigenvalue weighted by atomic mass is 32.2. The standard InChI is InChI=1S/C21H22F2N4O3S/c1-24-31(28,29)17-9-10-19(18(11-17)20-12-27(2)13-25-20)26-15-5-3-14(4-6-15)21(22,23)30-16-7-8-16/h3-6,9-13,16,24,26H,7-8H2,1-2H3. The molecule has 3 aromatic rings. The van der Waals surface area contributed by atoms with E-state index in [1.165, 1.54) is 43.4 Å². The first-order valence-electron chi connectivity index (χ1n) is 9.67. The summed E-state index contributed by atoms with van der Waals surface area (Å²) in [6.45, 7) is 0. The largest absolute Gasteiger partial charge is 0.383 e. The highest BCUT2D eigenvalue weighted by Gasteiger charge is 2.39. The summed E-state index contributed by atoms with van der Waals surface area (Å²) in [6.07, 6.45) is 0.975. The fourth-order valence-corrected chi connectivity index (χ4v) is 3.80. The number of aryl methyl sites for hydroxylation is 1. The number of anilines is 2. The molecule has 1 aliphatic rings. The molecule has 1 heterocycles. The van der Waals surface area contributed by atoms with Gasteiger partial charge < -0.3 is 14.6 Å². The van der Waals surface area contributed by atoms with E-state index >= 15 is 0 Å². The molecule has 0 aliphatic heterocycles. The minimum atomic E-state index is -3.65. The van der Waals surface area contributed by atoms with Gasteiger partial charge in [-0.1, -0.05) is 0 Å². The summed E-state index contributed by atoms with van der Waals surface area (Å²) in [5.74, 6) is 0. The van der Waals surface area contributed by atoms with Crippen molar-refractivity contribution < 1.29 is 21.9 Å². The van der Waals surface area contributed by atoms with Gasteiger partial charge in [0.15, 0.2) is 0 Å². The zero-order valence-electron chi connectivity index (χ0n) is 17.0. The molecule has 1 aromatic heterocycles. The monoisotopic (exact) mass is 448 g/mol. The summed E-state index contributed by atoms with van der Waals surface area (Å²) in [5, 5.41) is 3.16. The number of nitrogens with one attached hydrogen (secondary N) is 2. The van der Waals surface area contributed by atoms with E-state index in [-0.39, 0.29) is 16.6 Å². The molecule has 4 rings (SSSR count). The van der Waals surface area contributed by atoms with Crippen LogP contribution in [0.25, 0.3) is 11.3 Å². The summed E-state index contributed by atoms with van der Waals surface area (Å²) in [6, 6.07) is 10.3. The van der Waals surface area contributed by atoms with Gasteiger partial charge in [-0.2, -0.15) is 8.78 Å². The van der Waals surface area contributed by atoms with E-state index in [2.05, 4.69) is 15.0 Å². The van der Waals surface area contributed by atoms with Gasteiger partial charge in [0.1, 0.15) is 0 Å². The molecule has 0 saturated heterocycles. The molecular weight excluding hydrogens is 426 g/mol. The fraction of sp³-hybridized carbons (Fsp3) is 0.286. The topological polar surface area (TPSA) is 85.3 Å². The van der Waals surface area contributed by atoms with Crippen LogP contribution in [0.3, 0.4) is 0 Å². The molecule has 0 bridgehead atoms. The average molecular weight is 448 g/mol. The Hall–Kier alpha value is -2.82. The maximum absolute atomic E-state index is 14.2. The lowest BCUT2D eigenvalue weighted by Gasteiger charge is -2.18. The molecular formula is C21H22F2N4O3S. The number of benzene rings is 2. The lowest BCUT2D eigenvalue weighted by Crippen LogP contribution is -2.19. The third-order valence-electron chi connectivity index (χ3n) is 4.89. The number of rotatable bonds is 8. The maximum atomic E-state index is 14.2. The van der Waals surface area contributed by atoms with Gasteiger partial charge in [-0.05, 0) is 62.4 Å². The molecule has 1 aliphatic carbocycles. The van der Waals surface area contributed by atoms with E-state index in [1.807, 2.05) is 0 Å². The predicted octanol–water partition coefficient (Wildman–Crippen LogP) is 3.97. The second kappa shape index (κ2) is 8.03. The molecule has 0 atom stereocenters. The highest BCUT2D eigenvalue weighted by Crippen LogP contribution is 2.38. The first-order valence-corrected chi connectivity index (χ1v) is 11.2. The lowest BCUT2D eigenvalue weighted by atomic mass is 10.1. The zero-order chi connectivity index (χ0) is 22.2. The van der Waals surface area contributed by atoms with Gasteiger partial charge in [0, 0.05) is 30.2 Å². The van der Waals surface area contributed by atoms with Crippen LogP contribution < -0.4 is 10.0 Å². The Morgan fingerprint density at radius 2 is 1.87 bits per heavy atom. The van der Waals surface area contributed by atoms with Crippen LogP contribution in [0.2, 0.25) is 0 Å². The second-order valence-electron chi connectivity index (χ2n) is 7.38. The van der Waals surface area contributed by atoms with Crippen LogP contribution in [0.5, 0.6) is 0 Å². The molecule has 0 spiro atoms. The number of sulfonamides is 1. The van der Waals surface area contributed by atoms with Crippen molar-refractivity contribution in [3.05, 3.63) is 60.6 Å². The number of halogens is 2. The molecule has 0 amide bonds. The molecule has 1 saturated carbocycles. The number of hydrogen-bond donors (Lipinski definition) is 2. The van der Waals surface area contributed by atoms with Crippen molar-refractivity contribution in [2.75, 3.05) is 12.4 Å². The Bertz CT molecular complexity index is 1190. The number of nitrogens with zero attached hydrogens (tertiary/aromatic N) is 2. The number of hydrogen-bond acceptors (Lipinski definition) is 5. The predicted molar refractivity (Wildman–Crippen MR) is 113 cm³/mol. The van der Waals surface area contributed by atoms with Gasteiger partial charge in [-0.25, -0.2) is 18.1 Å². The summed E-state index contributed by atoms with van der Waals surface area (Å²) in [5.41, 5.74) is 2.06. The smallest absolute Gasteiger partial charge is 0.355 e. The molecule has 2 N–H and O–H groups in total. The molecule has 1 fully saturated rings. The van der Waals surface area contributed by atoms with Gasteiger partial charge in [0.25, 0.3) is 0 Å². The summed E-state index contributed by atoms with van der Waals surface area (Å²) in [4.78, 5) is 4.40. The minimum absolute atomic E-state index is 0.0911. The van der Waals surface area contributed by atoms with Crippen LogP contribution in [0.1, 0.15) is 18.4 Å². The van der Waals surface area contributed by atoms with E-state index in [9.17, 15) is 17.2 Å². The molecule has 7 nitrogen and oxygen atoms in total. The van der Waals surface area contributed by atoms with Crippen LogP contribution in [0.4, 0.5) is 20.2 Å². The van der Waals surface area contributed by atoms with Crippen molar-refractivity contribution >= 4 is 21.4 Å². The SMILES string of the molecule is CNS(=O)(=O)c1ccc(Nc2ccc(C(F)(F)OC3CC3)cc2)c(-c2cn(C)cn2)c1. The van der Waals surface area contributed by atoms with Crippen molar-refractivity contribution in [2.24, 2.45) is 7.05 Å². The first-order chi connectivity index (χ1) is 14.7. The van der Waals surface area contributed by atoms with Crippen molar-refractivity contribution in [1.29, 1.82) is 0 Å². The molecule has 2 aromatic carbocycles. The van der Waals surface area contributed by atoms with E-state index < -0.39 is 16.1 Å². The van der Waals surface area contributed by atoms with Crippen molar-refractivity contribution in [2.45, 2.75) is 29.9 Å². The molecule has 31 heavy (non-hydrogen) atoms. The van der Waals surface area contributed by atoms with Gasteiger partial charge in [-0.15, -0.1) is 0 Å². The highest BCUT2D eigenvalue weighted by molar-refractivity contribution is 7.89. The molecule has 0 unspecified atom stereocenters. The Morgan fingerprint density at radius 1 is 1.16 bits per heavy atom. The Kier molecular flexibility index (Phi) is 5.54. The van der Waals surface area contributed by atoms with Gasteiger partial charge in [0.05, 0.1) is 28.6 Å². The normalized spacial score (nSPS) is 14.6. The summed E-state index contributed by atoms with van der Waals surface area (Å²) < 4.78 is 61.6. The van der Waals surface area contributed by atoms with Gasteiger partial charge in [-0.3, -0.25) is 0 Å². The summed E-state index contributed by atoms with van der Waals surface area (Å²) >= 11 is 0. The Balaban J connectivity index is 1.64. The quantitative estimate of drug-likeness (QED) is 0.545. The van der Waals surface area contributed by atoms with Crippen molar-refractivity contribution in [3.63, 3.8) is 0 Å². The van der Waals surface area contributed by atoms with Crippen LogP contribution in [0, 0.1) is 0 Å². The molecule has 164 valence electrons. The fourth-order valence-electron chi connectivity index (χ4n) is 3.05. The maximum Gasteiger partial charge on any atom is 0.383 e. The summed E-state index contributed by atoms with van der Waals surface area (Å²) in [7, 11) is -0.503. The minimum Gasteiger partial charge on any atom is -0.355 e. The number of aromatic nitrogens is 2. The van der Waals surface area contributed by atoms with Crippen molar-refractivity contribution in [3.8, 4) is 11.3 Å². The van der Waals surface area contributed by atoms with Crippen LogP contribution in [0.15, 0.2) is 59.9 Å². The van der Waals surface area contributed by atoms with E-state index in [0.717, 1.165) is 0 Å². The van der Waals surface area contributed by atoms with Crippen molar-refractivity contribution in [1.82, 2.24) is 14.3 Å². The molecule has 0 radical (unpaired) electrons. The number of ether oxygens (including phenoxy) is 1. The number of alkyl halides is 2. The zero-order valence-corrected chi connectivity index (χ0v) is 17.8. The van der Waals surface area contributed by atoms with Gasteiger partial charge in [0.2, 0.25) is 10.0 Å². The van der Waals surface area contributed by atoms with E-state index in [4.69, 9.17) is 4.74 Å². The van der Waals surface area contributed by atoms with Crippen LogP contribution in [-0.4, -0.2) is 31.1 Å². The first kappa shape index (κ1) is 21.4. The van der Waals surface area contributed by atoms with Crippen LogP contribution in [-0.2, 0) is 27.9 Å². The Labute approximate surface area is 179 Å². The number of imidazole rings is 1. The third kappa shape index (κ3) is 4.76. The van der Waals surface area contributed by atoms with Crippen LogP contribution >= 0.6 is 0 Å². The van der Waals surface area contributed by atoms with E-state index in [1.54, 1.807) is 30.2 Å². The third-order valence-corrected chi connectivity index (χ3v) is 6.30. The average Bonchev–Trinajstić information content (AvgIpc) is 3.44. The van der Waals surface area contributed by atoms with Gasteiger partial charge >= 0.3 is 6.11 Å².